The van der Waals surface area contributed by atoms with Crippen LogP contribution in [0.5, 0.6) is 0 Å². The van der Waals surface area contributed by atoms with E-state index >= 15 is 0 Å². The maximum absolute atomic E-state index is 11.8. The molecule has 2 aromatic rings. The van der Waals surface area contributed by atoms with Gasteiger partial charge in [-0.15, -0.1) is 11.8 Å². The standard InChI is InChI=1S/C15H20N4O3S2/c1-22-8-4-14-17-15(10-23-13-2-6-16-7-3-13)19(18-14)12-5-9-24(20,21)11-12/h2-3,6-7,12H,4-5,8-11H2,1H3/t12-/m0/s1. The molecule has 1 atom stereocenters. The number of methoxy groups -OCH3 is 1. The number of hydrogen-bond acceptors (Lipinski definition) is 7. The Labute approximate surface area is 145 Å². The Morgan fingerprint density at radius 2 is 2.17 bits per heavy atom. The van der Waals surface area contributed by atoms with Gasteiger partial charge in [-0.25, -0.2) is 18.1 Å². The van der Waals surface area contributed by atoms with Gasteiger partial charge < -0.3 is 4.74 Å². The van der Waals surface area contributed by atoms with Crippen molar-refractivity contribution in [1.29, 1.82) is 0 Å². The predicted molar refractivity (Wildman–Crippen MR) is 91.7 cm³/mol. The van der Waals surface area contributed by atoms with Gasteiger partial charge in [0.1, 0.15) is 5.82 Å². The van der Waals surface area contributed by atoms with Crippen molar-refractivity contribution in [2.24, 2.45) is 0 Å². The van der Waals surface area contributed by atoms with Crippen molar-refractivity contribution < 1.29 is 13.2 Å². The second-order valence-electron chi connectivity index (χ2n) is 5.66. The molecule has 0 spiro atoms. The third kappa shape index (κ3) is 4.34. The minimum Gasteiger partial charge on any atom is -0.384 e. The van der Waals surface area contributed by atoms with E-state index in [0.29, 0.717) is 31.0 Å². The van der Waals surface area contributed by atoms with E-state index in [0.717, 1.165) is 10.7 Å². The maximum Gasteiger partial charge on any atom is 0.153 e. The zero-order valence-corrected chi connectivity index (χ0v) is 15.1. The molecule has 9 heteroatoms. The lowest BCUT2D eigenvalue weighted by molar-refractivity contribution is 0.200. The molecular formula is C15H20N4O3S2. The van der Waals surface area contributed by atoms with Crippen LogP contribution >= 0.6 is 11.8 Å². The number of hydrogen-bond donors (Lipinski definition) is 0. The van der Waals surface area contributed by atoms with Crippen molar-refractivity contribution in [3.8, 4) is 0 Å². The highest BCUT2D eigenvalue weighted by Gasteiger charge is 2.31. The SMILES string of the molecule is COCCc1nc(CSc2ccncc2)n([C@H]2CCS(=O)(=O)C2)n1. The second kappa shape index (κ2) is 7.62. The number of sulfone groups is 1. The fourth-order valence-corrected chi connectivity index (χ4v) is 5.14. The average Bonchev–Trinajstić information content (AvgIpc) is 3.14. The van der Waals surface area contributed by atoms with E-state index in [9.17, 15) is 8.42 Å². The highest BCUT2D eigenvalue weighted by molar-refractivity contribution is 7.98. The van der Waals surface area contributed by atoms with E-state index in [1.807, 2.05) is 16.8 Å². The molecule has 0 saturated carbocycles. The molecule has 0 aromatic carbocycles. The quantitative estimate of drug-likeness (QED) is 0.685. The van der Waals surface area contributed by atoms with Crippen LogP contribution in [0.25, 0.3) is 0 Å². The first-order valence-electron chi connectivity index (χ1n) is 7.74. The topological polar surface area (TPSA) is 87.0 Å². The van der Waals surface area contributed by atoms with Crippen LogP contribution in [0.1, 0.15) is 24.1 Å². The van der Waals surface area contributed by atoms with E-state index in [-0.39, 0.29) is 17.5 Å². The number of thioether (sulfide) groups is 1. The van der Waals surface area contributed by atoms with Crippen LogP contribution in [0.4, 0.5) is 0 Å². The highest BCUT2D eigenvalue weighted by Crippen LogP contribution is 2.27. The molecule has 1 saturated heterocycles. The molecule has 1 aliphatic rings. The number of ether oxygens (including phenoxy) is 1. The second-order valence-corrected chi connectivity index (χ2v) is 8.94. The molecule has 0 bridgehead atoms. The van der Waals surface area contributed by atoms with Crippen molar-refractivity contribution in [3.05, 3.63) is 36.2 Å². The Bertz CT molecular complexity index is 777. The third-order valence-corrected chi connectivity index (χ3v) is 6.61. The van der Waals surface area contributed by atoms with Crippen molar-refractivity contribution >= 4 is 21.6 Å². The summed E-state index contributed by atoms with van der Waals surface area (Å²) >= 11 is 1.64. The summed E-state index contributed by atoms with van der Waals surface area (Å²) in [4.78, 5) is 9.70. The average molecular weight is 368 g/mol. The molecule has 0 unspecified atom stereocenters. The summed E-state index contributed by atoms with van der Waals surface area (Å²) < 4.78 is 30.5. The first kappa shape index (κ1) is 17.4. The monoisotopic (exact) mass is 368 g/mol. The highest BCUT2D eigenvalue weighted by atomic mass is 32.2. The van der Waals surface area contributed by atoms with Gasteiger partial charge in [-0.05, 0) is 18.6 Å². The van der Waals surface area contributed by atoms with Crippen LogP contribution in [-0.2, 0) is 26.7 Å². The number of pyridine rings is 1. The van der Waals surface area contributed by atoms with Gasteiger partial charge in [-0.2, -0.15) is 5.10 Å². The van der Waals surface area contributed by atoms with E-state index in [1.54, 1.807) is 31.3 Å². The molecule has 1 aliphatic heterocycles. The van der Waals surface area contributed by atoms with Gasteiger partial charge in [0.2, 0.25) is 0 Å². The van der Waals surface area contributed by atoms with Crippen LogP contribution in [-0.4, -0.2) is 53.4 Å². The van der Waals surface area contributed by atoms with Gasteiger partial charge in [-0.1, -0.05) is 0 Å². The Balaban J connectivity index is 1.78. The Morgan fingerprint density at radius 3 is 2.83 bits per heavy atom. The molecule has 0 amide bonds. The summed E-state index contributed by atoms with van der Waals surface area (Å²) in [5.41, 5.74) is 0. The summed E-state index contributed by atoms with van der Waals surface area (Å²) in [6.07, 6.45) is 4.72. The third-order valence-electron chi connectivity index (χ3n) is 3.85. The molecule has 0 N–H and O–H groups in total. The van der Waals surface area contributed by atoms with Gasteiger partial charge in [0.15, 0.2) is 15.7 Å². The minimum atomic E-state index is -2.96. The molecule has 24 heavy (non-hydrogen) atoms. The van der Waals surface area contributed by atoms with Crippen LogP contribution in [0.2, 0.25) is 0 Å². The molecule has 0 aliphatic carbocycles. The van der Waals surface area contributed by atoms with Crippen molar-refractivity contribution in [3.63, 3.8) is 0 Å². The van der Waals surface area contributed by atoms with Crippen molar-refractivity contribution in [1.82, 2.24) is 19.7 Å². The number of rotatable bonds is 7. The van der Waals surface area contributed by atoms with E-state index in [1.165, 1.54) is 0 Å². The van der Waals surface area contributed by atoms with E-state index in [4.69, 9.17) is 4.74 Å². The van der Waals surface area contributed by atoms with Crippen LogP contribution in [0.3, 0.4) is 0 Å². The van der Waals surface area contributed by atoms with Gasteiger partial charge >= 0.3 is 0 Å². The molecule has 0 radical (unpaired) electrons. The number of nitrogens with zero attached hydrogens (tertiary/aromatic N) is 4. The van der Waals surface area contributed by atoms with Gasteiger partial charge in [0.05, 0.1) is 29.9 Å². The summed E-state index contributed by atoms with van der Waals surface area (Å²) in [6, 6.07) is 3.76. The van der Waals surface area contributed by atoms with Crippen LogP contribution < -0.4 is 0 Å². The van der Waals surface area contributed by atoms with Crippen LogP contribution in [0, 0.1) is 0 Å². The smallest absolute Gasteiger partial charge is 0.153 e. The van der Waals surface area contributed by atoms with Crippen molar-refractivity contribution in [2.45, 2.75) is 29.5 Å². The fourth-order valence-electron chi connectivity index (χ4n) is 2.65. The summed E-state index contributed by atoms with van der Waals surface area (Å²) in [7, 11) is -1.32. The predicted octanol–water partition coefficient (Wildman–Crippen LogP) is 1.51. The molecule has 3 rings (SSSR count). The van der Waals surface area contributed by atoms with Gasteiger partial charge in [-0.3, -0.25) is 4.98 Å². The maximum atomic E-state index is 11.8. The van der Waals surface area contributed by atoms with Gasteiger partial charge in [0.25, 0.3) is 0 Å². The largest absolute Gasteiger partial charge is 0.384 e. The molecule has 2 aromatic heterocycles. The van der Waals surface area contributed by atoms with Crippen LogP contribution in [0.15, 0.2) is 29.4 Å². The Kier molecular flexibility index (Phi) is 5.52. The Hall–Kier alpha value is -1.45. The first-order chi connectivity index (χ1) is 11.6. The molecule has 1 fully saturated rings. The lowest BCUT2D eigenvalue weighted by Crippen LogP contribution is -2.15. The van der Waals surface area contributed by atoms with Gasteiger partial charge in [0, 0.05) is 30.8 Å². The zero-order valence-electron chi connectivity index (χ0n) is 13.5. The Morgan fingerprint density at radius 1 is 1.38 bits per heavy atom. The summed E-state index contributed by atoms with van der Waals surface area (Å²) in [6.45, 7) is 0.546. The first-order valence-corrected chi connectivity index (χ1v) is 10.5. The summed E-state index contributed by atoms with van der Waals surface area (Å²) in [5, 5.41) is 4.54. The molecule has 3 heterocycles. The van der Waals surface area contributed by atoms with Crippen molar-refractivity contribution in [2.75, 3.05) is 25.2 Å². The fraction of sp³-hybridized carbons (Fsp3) is 0.533. The molecular weight excluding hydrogens is 348 g/mol. The lowest BCUT2D eigenvalue weighted by Gasteiger charge is -2.11. The lowest BCUT2D eigenvalue weighted by atomic mass is 10.3. The molecule has 7 nitrogen and oxygen atoms in total. The van der Waals surface area contributed by atoms with E-state index < -0.39 is 9.84 Å². The molecule has 130 valence electrons. The zero-order chi connectivity index (χ0) is 17.0. The number of aromatic nitrogens is 4. The summed E-state index contributed by atoms with van der Waals surface area (Å²) in [5.74, 6) is 2.52. The normalized spacial score (nSPS) is 19.6. The van der Waals surface area contributed by atoms with E-state index in [2.05, 4.69) is 15.1 Å². The minimum absolute atomic E-state index is 0.119.